The van der Waals surface area contributed by atoms with Crippen molar-refractivity contribution in [3.05, 3.63) is 22.0 Å². The van der Waals surface area contributed by atoms with E-state index in [4.69, 9.17) is 17.3 Å². The molecule has 0 saturated carbocycles. The summed E-state index contributed by atoms with van der Waals surface area (Å²) in [4.78, 5) is 1.01. The van der Waals surface area contributed by atoms with Gasteiger partial charge in [0.2, 0.25) is 0 Å². The molecule has 0 amide bonds. The molecule has 0 bridgehead atoms. The fraction of sp³-hybridized carbons (Fsp3) is 0.417. The summed E-state index contributed by atoms with van der Waals surface area (Å²) in [5.74, 6) is 1.28. The molecule has 2 aromatic heterocycles. The largest absolute Gasteiger partial charge is 0.384 e. The van der Waals surface area contributed by atoms with Gasteiger partial charge in [-0.05, 0) is 23.8 Å². The number of aromatic nitrogens is 2. The van der Waals surface area contributed by atoms with E-state index in [0.29, 0.717) is 5.92 Å². The summed E-state index contributed by atoms with van der Waals surface area (Å²) >= 11 is 7.77. The Kier molecular flexibility index (Phi) is 3.45. The zero-order valence-corrected chi connectivity index (χ0v) is 11.8. The minimum atomic E-state index is 0.541. The van der Waals surface area contributed by atoms with Crippen molar-refractivity contribution in [2.24, 2.45) is 13.0 Å². The molecule has 2 aromatic rings. The Balaban J connectivity index is 2.54. The standard InChI is InChI=1S/C12H16ClN3S/c1-7(2)6-8-10(15-16(3)12(8)14)11-9(13)4-5-17-11/h4-5,7H,6,14H2,1-3H3. The molecular weight excluding hydrogens is 254 g/mol. The van der Waals surface area contributed by atoms with Crippen molar-refractivity contribution >= 4 is 28.8 Å². The Morgan fingerprint density at radius 1 is 1.53 bits per heavy atom. The number of rotatable bonds is 3. The van der Waals surface area contributed by atoms with E-state index in [1.54, 1.807) is 16.0 Å². The molecule has 2 heterocycles. The van der Waals surface area contributed by atoms with Crippen LogP contribution in [0.3, 0.4) is 0 Å². The fourth-order valence-electron chi connectivity index (χ4n) is 1.84. The minimum absolute atomic E-state index is 0.541. The van der Waals surface area contributed by atoms with Crippen LogP contribution in [0.4, 0.5) is 5.82 Å². The maximum absolute atomic E-state index is 6.16. The summed E-state index contributed by atoms with van der Waals surface area (Å²) in [5.41, 5.74) is 8.10. The topological polar surface area (TPSA) is 43.8 Å². The molecule has 0 aliphatic carbocycles. The Morgan fingerprint density at radius 3 is 2.76 bits per heavy atom. The highest BCUT2D eigenvalue weighted by Crippen LogP contribution is 2.37. The first-order valence-electron chi connectivity index (χ1n) is 5.55. The lowest BCUT2D eigenvalue weighted by Gasteiger charge is -2.06. The molecule has 3 nitrogen and oxygen atoms in total. The van der Waals surface area contributed by atoms with Crippen LogP contribution in [0.25, 0.3) is 10.6 Å². The van der Waals surface area contributed by atoms with Crippen LogP contribution in [-0.2, 0) is 13.5 Å². The molecule has 2 rings (SSSR count). The van der Waals surface area contributed by atoms with E-state index in [-0.39, 0.29) is 0 Å². The number of hydrogen-bond acceptors (Lipinski definition) is 3. The molecule has 0 aliphatic rings. The highest BCUT2D eigenvalue weighted by molar-refractivity contribution is 7.14. The van der Waals surface area contributed by atoms with Gasteiger partial charge in [0.15, 0.2) is 0 Å². The van der Waals surface area contributed by atoms with Crippen molar-refractivity contribution in [2.75, 3.05) is 5.73 Å². The predicted octanol–water partition coefficient (Wildman–Crippen LogP) is 3.58. The molecule has 0 fully saturated rings. The van der Waals surface area contributed by atoms with Crippen molar-refractivity contribution in [3.63, 3.8) is 0 Å². The van der Waals surface area contributed by atoms with Crippen molar-refractivity contribution in [1.82, 2.24) is 9.78 Å². The Labute approximate surface area is 110 Å². The molecule has 0 spiro atoms. The second-order valence-corrected chi connectivity index (χ2v) is 5.85. The van der Waals surface area contributed by atoms with Gasteiger partial charge in [-0.25, -0.2) is 0 Å². The summed E-state index contributed by atoms with van der Waals surface area (Å²) < 4.78 is 1.73. The summed E-state index contributed by atoms with van der Waals surface area (Å²) in [6, 6.07) is 1.89. The number of halogens is 1. The molecule has 0 radical (unpaired) electrons. The molecule has 0 unspecified atom stereocenters. The number of nitrogen functional groups attached to an aromatic ring is 1. The van der Waals surface area contributed by atoms with E-state index in [2.05, 4.69) is 18.9 Å². The molecule has 0 atom stereocenters. The number of thiophene rings is 1. The average molecular weight is 270 g/mol. The van der Waals surface area contributed by atoms with Crippen molar-refractivity contribution in [1.29, 1.82) is 0 Å². The fourth-order valence-corrected chi connectivity index (χ4v) is 2.99. The van der Waals surface area contributed by atoms with Crippen LogP contribution in [-0.4, -0.2) is 9.78 Å². The van der Waals surface area contributed by atoms with E-state index in [9.17, 15) is 0 Å². The third kappa shape index (κ3) is 2.33. The smallest absolute Gasteiger partial charge is 0.125 e. The number of hydrogen-bond donors (Lipinski definition) is 1. The number of nitrogens with two attached hydrogens (primary N) is 1. The van der Waals surface area contributed by atoms with Gasteiger partial charge < -0.3 is 5.73 Å². The van der Waals surface area contributed by atoms with Crippen molar-refractivity contribution < 1.29 is 0 Å². The van der Waals surface area contributed by atoms with Gasteiger partial charge in [-0.2, -0.15) is 5.10 Å². The van der Waals surface area contributed by atoms with E-state index in [1.807, 2.05) is 18.5 Å². The highest BCUT2D eigenvalue weighted by Gasteiger charge is 2.19. The van der Waals surface area contributed by atoms with E-state index in [1.165, 1.54) is 0 Å². The lowest BCUT2D eigenvalue weighted by Crippen LogP contribution is -2.01. The maximum atomic E-state index is 6.16. The van der Waals surface area contributed by atoms with Crippen LogP contribution < -0.4 is 5.73 Å². The lowest BCUT2D eigenvalue weighted by atomic mass is 10.0. The Morgan fingerprint density at radius 2 is 2.24 bits per heavy atom. The molecule has 0 saturated heterocycles. The first-order chi connectivity index (χ1) is 8.00. The first kappa shape index (κ1) is 12.5. The Hall–Kier alpha value is -1.00. The zero-order chi connectivity index (χ0) is 12.6. The monoisotopic (exact) mass is 269 g/mol. The van der Waals surface area contributed by atoms with Gasteiger partial charge in [-0.15, -0.1) is 11.3 Å². The van der Waals surface area contributed by atoms with E-state index >= 15 is 0 Å². The van der Waals surface area contributed by atoms with Gasteiger partial charge in [-0.3, -0.25) is 4.68 Å². The Bertz CT molecular complexity index is 528. The quantitative estimate of drug-likeness (QED) is 0.926. The van der Waals surface area contributed by atoms with Crippen LogP contribution in [0, 0.1) is 5.92 Å². The van der Waals surface area contributed by atoms with Crippen molar-refractivity contribution in [2.45, 2.75) is 20.3 Å². The predicted molar refractivity (Wildman–Crippen MR) is 74.5 cm³/mol. The first-order valence-corrected chi connectivity index (χ1v) is 6.81. The lowest BCUT2D eigenvalue weighted by molar-refractivity contribution is 0.649. The third-order valence-corrected chi connectivity index (χ3v) is 3.99. The average Bonchev–Trinajstić information content (AvgIpc) is 2.77. The maximum Gasteiger partial charge on any atom is 0.125 e. The molecule has 0 aromatic carbocycles. The minimum Gasteiger partial charge on any atom is -0.384 e. The van der Waals surface area contributed by atoms with Crippen LogP contribution in [0.15, 0.2) is 11.4 Å². The summed E-state index contributed by atoms with van der Waals surface area (Å²) in [6.45, 7) is 4.35. The molecule has 5 heteroatoms. The second-order valence-electron chi connectivity index (χ2n) is 4.53. The number of aryl methyl sites for hydroxylation is 1. The molecule has 0 aliphatic heterocycles. The van der Waals surface area contributed by atoms with Gasteiger partial charge >= 0.3 is 0 Å². The van der Waals surface area contributed by atoms with Crippen LogP contribution >= 0.6 is 22.9 Å². The van der Waals surface area contributed by atoms with Crippen LogP contribution in [0.1, 0.15) is 19.4 Å². The SMILES string of the molecule is CC(C)Cc1c(-c2sccc2Cl)nn(C)c1N. The van der Waals surface area contributed by atoms with E-state index in [0.717, 1.165) is 33.4 Å². The number of nitrogens with zero attached hydrogens (tertiary/aromatic N) is 2. The van der Waals surface area contributed by atoms with Gasteiger partial charge in [-0.1, -0.05) is 25.4 Å². The van der Waals surface area contributed by atoms with Crippen LogP contribution in [0.5, 0.6) is 0 Å². The van der Waals surface area contributed by atoms with Gasteiger partial charge in [0.1, 0.15) is 11.5 Å². The summed E-state index contributed by atoms with van der Waals surface area (Å²) in [5, 5.41) is 7.21. The molecular formula is C12H16ClN3S. The second kappa shape index (κ2) is 4.70. The van der Waals surface area contributed by atoms with Gasteiger partial charge in [0, 0.05) is 12.6 Å². The normalized spacial score (nSPS) is 11.4. The van der Waals surface area contributed by atoms with E-state index < -0.39 is 0 Å². The van der Waals surface area contributed by atoms with Gasteiger partial charge in [0.05, 0.1) is 9.90 Å². The summed E-state index contributed by atoms with van der Waals surface area (Å²) in [6.07, 6.45) is 0.920. The molecule has 92 valence electrons. The highest BCUT2D eigenvalue weighted by atomic mass is 35.5. The number of anilines is 1. The third-order valence-electron chi connectivity index (χ3n) is 2.64. The summed E-state index contributed by atoms with van der Waals surface area (Å²) in [7, 11) is 1.87. The van der Waals surface area contributed by atoms with Crippen molar-refractivity contribution in [3.8, 4) is 10.6 Å². The van der Waals surface area contributed by atoms with Crippen LogP contribution in [0.2, 0.25) is 5.02 Å². The zero-order valence-electron chi connectivity index (χ0n) is 10.2. The molecule has 17 heavy (non-hydrogen) atoms. The molecule has 2 N–H and O–H groups in total. The van der Waals surface area contributed by atoms with Gasteiger partial charge in [0.25, 0.3) is 0 Å².